The van der Waals surface area contributed by atoms with Crippen molar-refractivity contribution in [2.24, 2.45) is 5.10 Å². The minimum atomic E-state index is 0.935. The first-order valence-electron chi connectivity index (χ1n) is 3.71. The number of hydrogen-bond donors (Lipinski definition) is 0. The molecule has 0 aromatic carbocycles. The molecule has 0 aromatic rings. The van der Waals surface area contributed by atoms with Gasteiger partial charge >= 0.3 is 0 Å². The number of rotatable bonds is 2. The molecule has 0 fully saturated rings. The Bertz CT molecular complexity index is 213. The Kier molecular flexibility index (Phi) is 2.29. The lowest BCUT2D eigenvalue weighted by Gasteiger charge is -2.10. The predicted molar refractivity (Wildman–Crippen MR) is 46.5 cm³/mol. The molecule has 1 aliphatic rings. The Labute approximate surface area is 67.8 Å². The molecule has 3 heteroatoms. The third kappa shape index (κ3) is 1.80. The Hall–Kier alpha value is -0.830. The van der Waals surface area contributed by atoms with Crippen molar-refractivity contribution in [1.29, 1.82) is 0 Å². The molecule has 3 nitrogen and oxygen atoms in total. The first kappa shape index (κ1) is 8.27. The van der Waals surface area contributed by atoms with Crippen LogP contribution in [0.2, 0.25) is 0 Å². The van der Waals surface area contributed by atoms with E-state index in [1.165, 1.54) is 5.57 Å². The summed E-state index contributed by atoms with van der Waals surface area (Å²) in [6.07, 6.45) is 0. The summed E-state index contributed by atoms with van der Waals surface area (Å²) < 4.78 is 0. The highest BCUT2D eigenvalue weighted by atomic mass is 15.3. The van der Waals surface area contributed by atoms with Crippen LogP contribution in [-0.2, 0) is 0 Å². The average Bonchev–Trinajstić information content (AvgIpc) is 2.18. The van der Waals surface area contributed by atoms with Gasteiger partial charge in [-0.25, -0.2) is 0 Å². The van der Waals surface area contributed by atoms with Crippen LogP contribution in [0.15, 0.2) is 16.4 Å². The molecular formula is C8H14N3. The predicted octanol–water partition coefficient (Wildman–Crippen LogP) is 0.816. The van der Waals surface area contributed by atoms with Crippen LogP contribution in [0.5, 0.6) is 0 Å². The lowest BCUT2D eigenvalue weighted by Crippen LogP contribution is -2.18. The molecule has 61 valence electrons. The molecule has 1 aliphatic heterocycles. The van der Waals surface area contributed by atoms with Gasteiger partial charge in [-0.3, -0.25) is 0 Å². The molecule has 11 heavy (non-hydrogen) atoms. The Morgan fingerprint density at radius 1 is 1.27 bits per heavy atom. The van der Waals surface area contributed by atoms with E-state index in [-0.39, 0.29) is 0 Å². The van der Waals surface area contributed by atoms with Crippen molar-refractivity contribution in [3.8, 4) is 0 Å². The fraction of sp³-hybridized carbons (Fsp3) is 0.625. The van der Waals surface area contributed by atoms with Gasteiger partial charge in [-0.2, -0.15) is 10.5 Å². The van der Waals surface area contributed by atoms with E-state index < -0.39 is 0 Å². The minimum Gasteiger partial charge on any atom is -0.305 e. The van der Waals surface area contributed by atoms with Gasteiger partial charge in [0.25, 0.3) is 0 Å². The number of likely N-dealkylation sites (N-methyl/N-ethyl adjacent to an activating group) is 1. The van der Waals surface area contributed by atoms with Crippen molar-refractivity contribution in [1.82, 2.24) is 10.3 Å². The van der Waals surface area contributed by atoms with Gasteiger partial charge in [-0.15, -0.1) is 0 Å². The fourth-order valence-electron chi connectivity index (χ4n) is 1.08. The molecule has 0 aliphatic carbocycles. The second-order valence-corrected chi connectivity index (χ2v) is 3.09. The highest BCUT2D eigenvalue weighted by Gasteiger charge is 2.14. The van der Waals surface area contributed by atoms with Crippen LogP contribution in [0, 0.1) is 0 Å². The molecule has 0 saturated carbocycles. The van der Waals surface area contributed by atoms with E-state index in [0.29, 0.717) is 0 Å². The van der Waals surface area contributed by atoms with Crippen LogP contribution < -0.4 is 5.43 Å². The van der Waals surface area contributed by atoms with Gasteiger partial charge in [0.05, 0.1) is 11.4 Å². The van der Waals surface area contributed by atoms with Crippen molar-refractivity contribution in [2.45, 2.75) is 13.8 Å². The molecule has 0 bridgehead atoms. The van der Waals surface area contributed by atoms with Crippen molar-refractivity contribution >= 4 is 5.71 Å². The van der Waals surface area contributed by atoms with Crippen LogP contribution in [0.1, 0.15) is 13.8 Å². The lowest BCUT2D eigenvalue weighted by atomic mass is 10.1. The standard InChI is InChI=1S/C8H14N3/c1-6-8(5-11(3)4)7(2)10-9-6/h5H2,1-4H3. The monoisotopic (exact) mass is 152 g/mol. The molecule has 1 radical (unpaired) electrons. The van der Waals surface area contributed by atoms with Crippen LogP contribution >= 0.6 is 0 Å². The third-order valence-corrected chi connectivity index (χ3v) is 1.70. The molecule has 0 aromatic heterocycles. The van der Waals surface area contributed by atoms with E-state index in [4.69, 9.17) is 0 Å². The van der Waals surface area contributed by atoms with E-state index in [0.717, 1.165) is 18.0 Å². The molecule has 0 amide bonds. The van der Waals surface area contributed by atoms with E-state index in [1.54, 1.807) is 0 Å². The SMILES string of the molecule is CC1=N[N]C(C)=C1CN(C)C. The van der Waals surface area contributed by atoms with E-state index in [1.807, 2.05) is 27.9 Å². The number of nitrogens with zero attached hydrogens (tertiary/aromatic N) is 3. The van der Waals surface area contributed by atoms with Gasteiger partial charge in [0, 0.05) is 12.1 Å². The molecule has 0 atom stereocenters. The van der Waals surface area contributed by atoms with Crippen molar-refractivity contribution in [3.05, 3.63) is 11.3 Å². The summed E-state index contributed by atoms with van der Waals surface area (Å²) in [4.78, 5) is 2.12. The zero-order chi connectivity index (χ0) is 8.43. The van der Waals surface area contributed by atoms with Gasteiger partial charge in [0.1, 0.15) is 0 Å². The smallest absolute Gasteiger partial charge is 0.0663 e. The molecule has 0 saturated heterocycles. The van der Waals surface area contributed by atoms with Gasteiger partial charge in [0.2, 0.25) is 0 Å². The Morgan fingerprint density at radius 3 is 2.27 bits per heavy atom. The van der Waals surface area contributed by atoms with Gasteiger partial charge in [0.15, 0.2) is 0 Å². The number of hydrogen-bond acceptors (Lipinski definition) is 2. The summed E-state index contributed by atoms with van der Waals surface area (Å²) in [5, 5.41) is 3.99. The zero-order valence-corrected chi connectivity index (χ0v) is 7.55. The lowest BCUT2D eigenvalue weighted by molar-refractivity contribution is 0.450. The minimum absolute atomic E-state index is 0.935. The van der Waals surface area contributed by atoms with Gasteiger partial charge in [-0.1, -0.05) is 0 Å². The van der Waals surface area contributed by atoms with E-state index >= 15 is 0 Å². The molecular weight excluding hydrogens is 138 g/mol. The maximum atomic E-state index is 3.99. The van der Waals surface area contributed by atoms with Crippen LogP contribution in [0.4, 0.5) is 0 Å². The second-order valence-electron chi connectivity index (χ2n) is 3.09. The van der Waals surface area contributed by atoms with Crippen molar-refractivity contribution in [3.63, 3.8) is 0 Å². The van der Waals surface area contributed by atoms with E-state index in [9.17, 15) is 0 Å². The molecule has 0 spiro atoms. The van der Waals surface area contributed by atoms with Crippen LogP contribution in [0.25, 0.3) is 0 Å². The maximum absolute atomic E-state index is 3.99. The van der Waals surface area contributed by atoms with Gasteiger partial charge < -0.3 is 4.90 Å². The molecule has 0 unspecified atom stereocenters. The topological polar surface area (TPSA) is 29.7 Å². The average molecular weight is 152 g/mol. The van der Waals surface area contributed by atoms with Crippen LogP contribution in [-0.4, -0.2) is 31.3 Å². The second kappa shape index (κ2) is 3.05. The fourth-order valence-corrected chi connectivity index (χ4v) is 1.08. The molecule has 1 rings (SSSR count). The summed E-state index contributed by atoms with van der Waals surface area (Å²) in [5.74, 6) is 0. The highest BCUT2D eigenvalue weighted by molar-refractivity contribution is 6.00. The summed E-state index contributed by atoms with van der Waals surface area (Å²) in [5.41, 5.74) is 7.36. The quantitative estimate of drug-likeness (QED) is 0.576. The largest absolute Gasteiger partial charge is 0.305 e. The number of allylic oxidation sites excluding steroid dienone is 1. The molecule has 0 N–H and O–H groups in total. The highest BCUT2D eigenvalue weighted by Crippen LogP contribution is 2.12. The summed E-state index contributed by atoms with van der Waals surface area (Å²) in [6.45, 7) is 4.93. The van der Waals surface area contributed by atoms with Crippen LogP contribution in [0.3, 0.4) is 0 Å². The summed E-state index contributed by atoms with van der Waals surface area (Å²) in [6, 6.07) is 0. The first-order chi connectivity index (χ1) is 5.11. The first-order valence-corrected chi connectivity index (χ1v) is 3.71. The molecule has 1 heterocycles. The third-order valence-electron chi connectivity index (χ3n) is 1.70. The summed E-state index contributed by atoms with van der Waals surface area (Å²) in [7, 11) is 4.10. The Balaban J connectivity index is 2.69. The summed E-state index contributed by atoms with van der Waals surface area (Å²) >= 11 is 0. The normalized spacial score (nSPS) is 17.4. The van der Waals surface area contributed by atoms with E-state index in [2.05, 4.69) is 15.4 Å². The zero-order valence-electron chi connectivity index (χ0n) is 7.55. The Morgan fingerprint density at radius 2 is 1.91 bits per heavy atom. The maximum Gasteiger partial charge on any atom is 0.0663 e. The van der Waals surface area contributed by atoms with Gasteiger partial charge in [-0.05, 0) is 27.9 Å². The van der Waals surface area contributed by atoms with Crippen molar-refractivity contribution < 1.29 is 0 Å². The van der Waals surface area contributed by atoms with Crippen molar-refractivity contribution in [2.75, 3.05) is 20.6 Å².